The molecule has 2 rings (SSSR count). The molecule has 2 aromatic rings. The van der Waals surface area contributed by atoms with Crippen molar-refractivity contribution in [1.29, 1.82) is 0 Å². The maximum atomic E-state index is 5.39. The Morgan fingerprint density at radius 1 is 1.05 bits per heavy atom. The molecule has 0 atom stereocenters. The highest BCUT2D eigenvalue weighted by molar-refractivity contribution is 5.33. The lowest BCUT2D eigenvalue weighted by Crippen LogP contribution is -2.23. The Kier molecular flexibility index (Phi) is 5.03. The van der Waals surface area contributed by atoms with E-state index in [1.54, 1.807) is 0 Å². The van der Waals surface area contributed by atoms with Crippen LogP contribution in [0.2, 0.25) is 0 Å². The summed E-state index contributed by atoms with van der Waals surface area (Å²) in [5, 5.41) is 0. The molecule has 2 heterocycles. The molecule has 0 aromatic carbocycles. The van der Waals surface area contributed by atoms with Crippen LogP contribution in [0, 0.1) is 6.92 Å². The van der Waals surface area contributed by atoms with E-state index >= 15 is 0 Å². The summed E-state index contributed by atoms with van der Waals surface area (Å²) in [5.74, 6) is 6.07. The molecule has 2 aromatic heterocycles. The van der Waals surface area contributed by atoms with Crippen molar-refractivity contribution in [2.24, 2.45) is 5.84 Å². The first-order valence-corrected chi connectivity index (χ1v) is 6.78. The van der Waals surface area contributed by atoms with Crippen LogP contribution >= 0.6 is 0 Å². The molecule has 0 aliphatic carbocycles. The monoisotopic (exact) mass is 271 g/mol. The predicted molar refractivity (Wildman–Crippen MR) is 80.8 cm³/mol. The van der Waals surface area contributed by atoms with Crippen LogP contribution in [0.4, 0.5) is 5.82 Å². The topological polar surface area (TPSA) is 67.1 Å². The smallest absolute Gasteiger partial charge is 0.140 e. The van der Waals surface area contributed by atoms with Gasteiger partial charge in [-0.25, -0.2) is 10.8 Å². The summed E-state index contributed by atoms with van der Waals surface area (Å²) in [4.78, 5) is 11.3. The van der Waals surface area contributed by atoms with E-state index in [-0.39, 0.29) is 0 Å². The number of nitrogens with zero attached hydrogens (tertiary/aromatic N) is 3. The van der Waals surface area contributed by atoms with E-state index in [1.165, 1.54) is 0 Å². The normalized spacial score (nSPS) is 10.8. The predicted octanol–water partition coefficient (Wildman–Crippen LogP) is 2.09. The van der Waals surface area contributed by atoms with Crippen LogP contribution in [0.3, 0.4) is 0 Å². The molecule has 0 spiro atoms. The number of pyridine rings is 2. The molecule has 5 heteroatoms. The van der Waals surface area contributed by atoms with E-state index in [4.69, 9.17) is 5.84 Å². The Balaban J connectivity index is 2.05. The molecule has 20 heavy (non-hydrogen) atoms. The fourth-order valence-electron chi connectivity index (χ4n) is 2.07. The van der Waals surface area contributed by atoms with E-state index in [0.29, 0.717) is 5.82 Å². The molecule has 0 radical (unpaired) electrons. The number of nitrogens with one attached hydrogen (secondary N) is 1. The summed E-state index contributed by atoms with van der Waals surface area (Å²) in [7, 11) is 0. The number of nitrogen functional groups attached to an aromatic ring is 1. The molecule has 0 aliphatic heterocycles. The van der Waals surface area contributed by atoms with Gasteiger partial charge in [0.15, 0.2) is 0 Å². The van der Waals surface area contributed by atoms with Gasteiger partial charge >= 0.3 is 0 Å². The van der Waals surface area contributed by atoms with Crippen molar-refractivity contribution >= 4 is 5.82 Å². The van der Waals surface area contributed by atoms with Crippen molar-refractivity contribution in [1.82, 2.24) is 14.9 Å². The molecule has 5 nitrogen and oxygen atoms in total. The molecule has 0 aliphatic rings. The molecule has 0 fully saturated rings. The zero-order valence-electron chi connectivity index (χ0n) is 12.0. The number of hydrazine groups is 1. The standard InChI is InChI=1S/C15H21N5/c1-3-20(10-13-7-4-6-12(2)17-13)11-14-8-5-9-15(18-14)19-16/h4-9H,3,10-11,16H2,1-2H3,(H,18,19). The first-order chi connectivity index (χ1) is 9.71. The molecule has 0 bridgehead atoms. The Labute approximate surface area is 119 Å². The lowest BCUT2D eigenvalue weighted by atomic mass is 10.2. The highest BCUT2D eigenvalue weighted by Crippen LogP contribution is 2.09. The molecule has 0 amide bonds. The van der Waals surface area contributed by atoms with Gasteiger partial charge in [-0.3, -0.25) is 9.88 Å². The first-order valence-electron chi connectivity index (χ1n) is 6.78. The fraction of sp³-hybridized carbons (Fsp3) is 0.333. The molecule has 0 saturated carbocycles. The van der Waals surface area contributed by atoms with Gasteiger partial charge in [0, 0.05) is 18.8 Å². The maximum Gasteiger partial charge on any atom is 0.140 e. The third-order valence-corrected chi connectivity index (χ3v) is 3.12. The second-order valence-electron chi connectivity index (χ2n) is 4.73. The summed E-state index contributed by atoms with van der Waals surface area (Å²) >= 11 is 0. The van der Waals surface area contributed by atoms with Crippen LogP contribution in [0.5, 0.6) is 0 Å². The van der Waals surface area contributed by atoms with Gasteiger partial charge in [0.25, 0.3) is 0 Å². The van der Waals surface area contributed by atoms with Crippen LogP contribution < -0.4 is 11.3 Å². The number of hydrogen-bond acceptors (Lipinski definition) is 5. The van der Waals surface area contributed by atoms with Gasteiger partial charge in [-0.2, -0.15) is 0 Å². The lowest BCUT2D eigenvalue weighted by molar-refractivity contribution is 0.265. The highest BCUT2D eigenvalue weighted by Gasteiger charge is 2.07. The average molecular weight is 271 g/mol. The molecule has 0 saturated heterocycles. The second-order valence-corrected chi connectivity index (χ2v) is 4.73. The zero-order valence-corrected chi connectivity index (χ0v) is 12.0. The molecule has 3 N–H and O–H groups in total. The van der Waals surface area contributed by atoms with Crippen molar-refractivity contribution in [3.63, 3.8) is 0 Å². The van der Waals surface area contributed by atoms with E-state index < -0.39 is 0 Å². The van der Waals surface area contributed by atoms with Gasteiger partial charge < -0.3 is 5.43 Å². The van der Waals surface area contributed by atoms with Gasteiger partial charge in [0.05, 0.1) is 11.4 Å². The van der Waals surface area contributed by atoms with Crippen LogP contribution in [-0.2, 0) is 13.1 Å². The minimum Gasteiger partial charge on any atom is -0.308 e. The van der Waals surface area contributed by atoms with E-state index in [9.17, 15) is 0 Å². The number of aryl methyl sites for hydroxylation is 1. The Bertz CT molecular complexity index is 555. The van der Waals surface area contributed by atoms with Gasteiger partial charge in [-0.15, -0.1) is 0 Å². The minimum absolute atomic E-state index is 0.687. The number of aromatic nitrogens is 2. The Hall–Kier alpha value is -1.98. The molecular formula is C15H21N5. The highest BCUT2D eigenvalue weighted by atomic mass is 15.3. The largest absolute Gasteiger partial charge is 0.308 e. The first kappa shape index (κ1) is 14.4. The van der Waals surface area contributed by atoms with E-state index in [0.717, 1.165) is 36.7 Å². The summed E-state index contributed by atoms with van der Waals surface area (Å²) < 4.78 is 0. The number of anilines is 1. The maximum absolute atomic E-state index is 5.39. The lowest BCUT2D eigenvalue weighted by Gasteiger charge is -2.20. The van der Waals surface area contributed by atoms with Gasteiger partial charge in [-0.05, 0) is 37.7 Å². The van der Waals surface area contributed by atoms with Gasteiger partial charge in [-0.1, -0.05) is 19.1 Å². The summed E-state index contributed by atoms with van der Waals surface area (Å²) in [6.07, 6.45) is 0. The summed E-state index contributed by atoms with van der Waals surface area (Å²) in [5.41, 5.74) is 5.70. The second kappa shape index (κ2) is 6.98. The quantitative estimate of drug-likeness (QED) is 0.622. The van der Waals surface area contributed by atoms with Gasteiger partial charge in [0.2, 0.25) is 0 Å². The third kappa shape index (κ3) is 4.01. The molecular weight excluding hydrogens is 250 g/mol. The fourth-order valence-corrected chi connectivity index (χ4v) is 2.07. The van der Waals surface area contributed by atoms with Gasteiger partial charge in [0.1, 0.15) is 5.82 Å². The van der Waals surface area contributed by atoms with Crippen molar-refractivity contribution < 1.29 is 0 Å². The van der Waals surface area contributed by atoms with E-state index in [1.807, 2.05) is 37.3 Å². The number of hydrogen-bond donors (Lipinski definition) is 2. The Morgan fingerprint density at radius 2 is 1.70 bits per heavy atom. The van der Waals surface area contributed by atoms with Crippen molar-refractivity contribution in [2.75, 3.05) is 12.0 Å². The van der Waals surface area contributed by atoms with Crippen molar-refractivity contribution in [3.8, 4) is 0 Å². The summed E-state index contributed by atoms with van der Waals surface area (Å²) in [6.45, 7) is 6.69. The van der Waals surface area contributed by atoms with Crippen molar-refractivity contribution in [2.45, 2.75) is 26.9 Å². The summed E-state index contributed by atoms with van der Waals surface area (Å²) in [6, 6.07) is 11.9. The Morgan fingerprint density at radius 3 is 2.30 bits per heavy atom. The number of rotatable bonds is 6. The van der Waals surface area contributed by atoms with Crippen LogP contribution in [-0.4, -0.2) is 21.4 Å². The van der Waals surface area contributed by atoms with Crippen LogP contribution in [0.25, 0.3) is 0 Å². The SMILES string of the molecule is CCN(Cc1cccc(C)n1)Cc1cccc(NN)n1. The van der Waals surface area contributed by atoms with Crippen molar-refractivity contribution in [3.05, 3.63) is 53.5 Å². The zero-order chi connectivity index (χ0) is 14.4. The van der Waals surface area contributed by atoms with E-state index in [2.05, 4.69) is 33.3 Å². The molecule has 0 unspecified atom stereocenters. The van der Waals surface area contributed by atoms with Crippen LogP contribution in [0.1, 0.15) is 24.0 Å². The third-order valence-electron chi connectivity index (χ3n) is 3.12. The average Bonchev–Trinajstić information content (AvgIpc) is 2.47. The minimum atomic E-state index is 0.687. The van der Waals surface area contributed by atoms with Crippen LogP contribution in [0.15, 0.2) is 36.4 Å². The molecule has 106 valence electrons. The number of nitrogens with two attached hydrogens (primary N) is 1.